The molecule has 0 saturated carbocycles. The largest absolute Gasteiger partial charge is 0.486 e. The van der Waals surface area contributed by atoms with Gasteiger partial charge in [0.05, 0.1) is 0 Å². The minimum atomic E-state index is -2.48. The van der Waals surface area contributed by atoms with Gasteiger partial charge in [-0.15, -0.1) is 0 Å². The highest BCUT2D eigenvalue weighted by molar-refractivity contribution is 9.10. The number of hydrogen-bond acceptors (Lipinski definition) is 3. The molecular formula is C11H10BrFO4. The van der Waals surface area contributed by atoms with Crippen LogP contribution in [-0.2, 0) is 10.5 Å². The molecule has 1 unspecified atom stereocenters. The van der Waals surface area contributed by atoms with Crippen LogP contribution in [0.3, 0.4) is 0 Å². The predicted octanol–water partition coefficient (Wildman–Crippen LogP) is 2.49. The Balaban J connectivity index is 2.52. The molecule has 0 aromatic heterocycles. The zero-order chi connectivity index (χ0) is 12.6. The van der Waals surface area contributed by atoms with Gasteiger partial charge in [0.2, 0.25) is 5.67 Å². The highest BCUT2D eigenvalue weighted by Crippen LogP contribution is 2.41. The fourth-order valence-electron chi connectivity index (χ4n) is 1.54. The van der Waals surface area contributed by atoms with E-state index in [1.807, 2.05) is 0 Å². The summed E-state index contributed by atoms with van der Waals surface area (Å²) in [5.74, 6) is -0.706. The molecule has 6 heteroatoms. The number of carboxylic acid groups (broad SMARTS) is 1. The van der Waals surface area contributed by atoms with Gasteiger partial charge in [0, 0.05) is 10.0 Å². The number of benzene rings is 1. The standard InChI is InChI=1S/C11H10BrFO4/c1-11(13,10(14)15)6-4-8-9(5-7(6)12)17-3-2-16-8/h4-5H,2-3H2,1H3,(H,14,15). The summed E-state index contributed by atoms with van der Waals surface area (Å²) in [6.07, 6.45) is 0. The van der Waals surface area contributed by atoms with Crippen LogP contribution in [0, 0.1) is 0 Å². The Kier molecular flexibility index (Phi) is 2.99. The van der Waals surface area contributed by atoms with E-state index in [4.69, 9.17) is 14.6 Å². The second-order valence-electron chi connectivity index (χ2n) is 3.78. The van der Waals surface area contributed by atoms with E-state index in [1.54, 1.807) is 0 Å². The molecule has 17 heavy (non-hydrogen) atoms. The predicted molar refractivity (Wildman–Crippen MR) is 61.2 cm³/mol. The van der Waals surface area contributed by atoms with Crippen molar-refractivity contribution in [1.29, 1.82) is 0 Å². The van der Waals surface area contributed by atoms with Crippen LogP contribution in [-0.4, -0.2) is 24.3 Å². The van der Waals surface area contributed by atoms with E-state index < -0.39 is 11.6 Å². The Morgan fingerprint density at radius 3 is 2.47 bits per heavy atom. The average Bonchev–Trinajstić information content (AvgIpc) is 2.27. The summed E-state index contributed by atoms with van der Waals surface area (Å²) >= 11 is 3.14. The third-order valence-electron chi connectivity index (χ3n) is 2.54. The van der Waals surface area contributed by atoms with Crippen LogP contribution in [0.2, 0.25) is 0 Å². The third-order valence-corrected chi connectivity index (χ3v) is 3.20. The molecule has 1 N–H and O–H groups in total. The first-order valence-electron chi connectivity index (χ1n) is 4.95. The van der Waals surface area contributed by atoms with E-state index in [1.165, 1.54) is 12.1 Å². The molecule has 1 aliphatic rings. The normalized spacial score (nSPS) is 17.4. The quantitative estimate of drug-likeness (QED) is 0.912. The van der Waals surface area contributed by atoms with Crippen molar-refractivity contribution in [1.82, 2.24) is 0 Å². The maximum absolute atomic E-state index is 14.1. The van der Waals surface area contributed by atoms with Crippen molar-refractivity contribution in [3.05, 3.63) is 22.2 Å². The van der Waals surface area contributed by atoms with Crippen molar-refractivity contribution < 1.29 is 23.8 Å². The Morgan fingerprint density at radius 2 is 1.94 bits per heavy atom. The van der Waals surface area contributed by atoms with Crippen molar-refractivity contribution in [2.24, 2.45) is 0 Å². The molecule has 1 aromatic carbocycles. The number of fused-ring (bicyclic) bond motifs is 1. The fourth-order valence-corrected chi connectivity index (χ4v) is 2.23. The van der Waals surface area contributed by atoms with Gasteiger partial charge in [0.25, 0.3) is 0 Å². The highest BCUT2D eigenvalue weighted by Gasteiger charge is 2.38. The van der Waals surface area contributed by atoms with Gasteiger partial charge in [-0.05, 0) is 19.1 Å². The molecular weight excluding hydrogens is 295 g/mol. The van der Waals surface area contributed by atoms with Crippen molar-refractivity contribution in [3.8, 4) is 11.5 Å². The molecule has 4 nitrogen and oxygen atoms in total. The van der Waals surface area contributed by atoms with Gasteiger partial charge in [-0.2, -0.15) is 0 Å². The van der Waals surface area contributed by atoms with Gasteiger partial charge in [-0.1, -0.05) is 15.9 Å². The van der Waals surface area contributed by atoms with Crippen LogP contribution in [0.5, 0.6) is 11.5 Å². The number of alkyl halides is 1. The molecule has 0 fully saturated rings. The minimum absolute atomic E-state index is 0.00856. The molecule has 1 atom stereocenters. The Labute approximate surface area is 105 Å². The summed E-state index contributed by atoms with van der Waals surface area (Å²) in [7, 11) is 0. The van der Waals surface area contributed by atoms with Gasteiger partial charge in [-0.3, -0.25) is 0 Å². The second-order valence-corrected chi connectivity index (χ2v) is 4.64. The smallest absolute Gasteiger partial charge is 0.345 e. The molecule has 0 bridgehead atoms. The van der Waals surface area contributed by atoms with Crippen LogP contribution in [0.4, 0.5) is 4.39 Å². The van der Waals surface area contributed by atoms with Crippen LogP contribution in [0.15, 0.2) is 16.6 Å². The van der Waals surface area contributed by atoms with Gasteiger partial charge in [-0.25, -0.2) is 9.18 Å². The maximum atomic E-state index is 14.1. The van der Waals surface area contributed by atoms with Crippen LogP contribution in [0.1, 0.15) is 12.5 Å². The van der Waals surface area contributed by atoms with E-state index in [2.05, 4.69) is 15.9 Å². The SMILES string of the molecule is CC(F)(C(=O)O)c1cc2c(cc1Br)OCCO2. The first kappa shape index (κ1) is 12.2. The van der Waals surface area contributed by atoms with Crippen molar-refractivity contribution in [2.75, 3.05) is 13.2 Å². The molecule has 1 aliphatic heterocycles. The summed E-state index contributed by atoms with van der Waals surface area (Å²) in [5, 5.41) is 8.86. The first-order chi connectivity index (χ1) is 7.93. The Morgan fingerprint density at radius 1 is 1.41 bits per heavy atom. The molecule has 0 saturated heterocycles. The summed E-state index contributed by atoms with van der Waals surface area (Å²) < 4.78 is 25.0. The molecule has 0 aliphatic carbocycles. The van der Waals surface area contributed by atoms with E-state index in [0.717, 1.165) is 6.92 Å². The first-order valence-corrected chi connectivity index (χ1v) is 5.74. The van der Waals surface area contributed by atoms with Crippen molar-refractivity contribution >= 4 is 21.9 Å². The number of carbonyl (C=O) groups is 1. The lowest BCUT2D eigenvalue weighted by atomic mass is 9.97. The zero-order valence-corrected chi connectivity index (χ0v) is 10.6. The molecule has 92 valence electrons. The Bertz CT molecular complexity index is 473. The lowest BCUT2D eigenvalue weighted by Gasteiger charge is -2.23. The number of hydrogen-bond donors (Lipinski definition) is 1. The fraction of sp³-hybridized carbons (Fsp3) is 0.364. The van der Waals surface area contributed by atoms with Crippen LogP contribution >= 0.6 is 15.9 Å². The van der Waals surface area contributed by atoms with E-state index in [9.17, 15) is 9.18 Å². The molecule has 0 spiro atoms. The Hall–Kier alpha value is -1.30. The number of ether oxygens (including phenoxy) is 2. The van der Waals surface area contributed by atoms with Gasteiger partial charge in [0.15, 0.2) is 11.5 Å². The maximum Gasteiger partial charge on any atom is 0.345 e. The monoisotopic (exact) mass is 304 g/mol. The van der Waals surface area contributed by atoms with Gasteiger partial charge in [0.1, 0.15) is 13.2 Å². The second kappa shape index (κ2) is 4.18. The molecule has 1 heterocycles. The number of rotatable bonds is 2. The number of aliphatic carboxylic acids is 1. The summed E-state index contributed by atoms with van der Waals surface area (Å²) in [6.45, 7) is 1.78. The summed E-state index contributed by atoms with van der Waals surface area (Å²) in [5.41, 5.74) is -2.47. The van der Waals surface area contributed by atoms with E-state index in [0.29, 0.717) is 29.2 Å². The highest BCUT2D eigenvalue weighted by atomic mass is 79.9. The topological polar surface area (TPSA) is 55.8 Å². The molecule has 2 rings (SSSR count). The van der Waals surface area contributed by atoms with Crippen LogP contribution < -0.4 is 9.47 Å². The molecule has 0 radical (unpaired) electrons. The lowest BCUT2D eigenvalue weighted by Crippen LogP contribution is -2.28. The number of halogens is 2. The average molecular weight is 305 g/mol. The van der Waals surface area contributed by atoms with E-state index in [-0.39, 0.29) is 5.56 Å². The lowest BCUT2D eigenvalue weighted by molar-refractivity contribution is -0.150. The van der Waals surface area contributed by atoms with E-state index >= 15 is 0 Å². The summed E-state index contributed by atoms with van der Waals surface area (Å²) in [6, 6.07) is 2.87. The van der Waals surface area contributed by atoms with Crippen molar-refractivity contribution in [3.63, 3.8) is 0 Å². The minimum Gasteiger partial charge on any atom is -0.486 e. The van der Waals surface area contributed by atoms with Crippen LogP contribution in [0.25, 0.3) is 0 Å². The summed E-state index contributed by atoms with van der Waals surface area (Å²) in [4.78, 5) is 10.9. The molecule has 0 amide bonds. The van der Waals surface area contributed by atoms with Gasteiger partial charge >= 0.3 is 5.97 Å². The molecule has 1 aromatic rings. The van der Waals surface area contributed by atoms with Crippen molar-refractivity contribution in [2.45, 2.75) is 12.6 Å². The van der Waals surface area contributed by atoms with Gasteiger partial charge < -0.3 is 14.6 Å². The third kappa shape index (κ3) is 2.09. The zero-order valence-electron chi connectivity index (χ0n) is 9.00. The number of carboxylic acids is 1.